The Morgan fingerprint density at radius 3 is 2.58 bits per heavy atom. The van der Waals surface area contributed by atoms with E-state index in [1.54, 1.807) is 24.3 Å². The predicted octanol–water partition coefficient (Wildman–Crippen LogP) is 3.00. The van der Waals surface area contributed by atoms with Crippen molar-refractivity contribution >= 4 is 45.0 Å². The minimum Gasteiger partial charge on any atom is -0.349 e. The Bertz CT molecular complexity index is 805. The third kappa shape index (κ3) is 5.21. The standard InChI is InChI=1S/C16H15BrClN3O3/c1-9(22)20-13(10-2-4-12(18)5-3-10)7-15(23)21-14-6-11(17)8-19-16(14)24/h2-6,8,13H,7H2,1H3,(H,19,24)(H,20,22)(H,21,23). The zero-order valence-electron chi connectivity index (χ0n) is 12.7. The van der Waals surface area contributed by atoms with Gasteiger partial charge in [-0.1, -0.05) is 23.7 Å². The third-order valence-electron chi connectivity index (χ3n) is 3.18. The number of amides is 2. The number of aromatic nitrogens is 1. The molecule has 0 radical (unpaired) electrons. The first-order valence-corrected chi connectivity index (χ1v) is 8.23. The van der Waals surface area contributed by atoms with Crippen molar-refractivity contribution in [3.8, 4) is 0 Å². The van der Waals surface area contributed by atoms with Gasteiger partial charge < -0.3 is 15.6 Å². The molecule has 0 aliphatic carbocycles. The number of anilines is 1. The Morgan fingerprint density at radius 1 is 1.29 bits per heavy atom. The number of hydrogen-bond acceptors (Lipinski definition) is 3. The number of carbonyl (C=O) groups excluding carboxylic acids is 2. The van der Waals surface area contributed by atoms with E-state index >= 15 is 0 Å². The molecule has 1 atom stereocenters. The summed E-state index contributed by atoms with van der Waals surface area (Å²) in [5.74, 6) is -0.657. The smallest absolute Gasteiger partial charge is 0.271 e. The van der Waals surface area contributed by atoms with Crippen molar-refractivity contribution in [3.63, 3.8) is 0 Å². The maximum Gasteiger partial charge on any atom is 0.271 e. The molecular formula is C16H15BrClN3O3. The zero-order chi connectivity index (χ0) is 17.7. The summed E-state index contributed by atoms with van der Waals surface area (Å²) < 4.78 is 0.633. The van der Waals surface area contributed by atoms with Crippen LogP contribution in [-0.4, -0.2) is 16.8 Å². The lowest BCUT2D eigenvalue weighted by Crippen LogP contribution is -2.30. The van der Waals surface area contributed by atoms with E-state index in [0.29, 0.717) is 9.50 Å². The van der Waals surface area contributed by atoms with E-state index in [4.69, 9.17) is 11.6 Å². The Balaban J connectivity index is 2.15. The summed E-state index contributed by atoms with van der Waals surface area (Å²) in [7, 11) is 0. The predicted molar refractivity (Wildman–Crippen MR) is 96.0 cm³/mol. The molecule has 6 nitrogen and oxygen atoms in total. The fraction of sp³-hybridized carbons (Fsp3) is 0.188. The average molecular weight is 413 g/mol. The molecule has 3 N–H and O–H groups in total. The Morgan fingerprint density at radius 2 is 1.96 bits per heavy atom. The van der Waals surface area contributed by atoms with Gasteiger partial charge in [0.1, 0.15) is 5.69 Å². The van der Waals surface area contributed by atoms with Crippen LogP contribution in [0, 0.1) is 0 Å². The van der Waals surface area contributed by atoms with Crippen LogP contribution < -0.4 is 16.2 Å². The summed E-state index contributed by atoms with van der Waals surface area (Å²) in [6.45, 7) is 1.37. The van der Waals surface area contributed by atoms with Crippen LogP contribution in [0.2, 0.25) is 5.02 Å². The van der Waals surface area contributed by atoms with Gasteiger partial charge in [0.15, 0.2) is 0 Å². The quantitative estimate of drug-likeness (QED) is 0.705. The van der Waals surface area contributed by atoms with Crippen LogP contribution in [0.25, 0.3) is 0 Å². The number of pyridine rings is 1. The van der Waals surface area contributed by atoms with Crippen molar-refractivity contribution in [2.45, 2.75) is 19.4 Å². The summed E-state index contributed by atoms with van der Waals surface area (Å²) >= 11 is 9.08. The molecule has 1 aromatic heterocycles. The van der Waals surface area contributed by atoms with E-state index < -0.39 is 17.5 Å². The molecule has 1 aromatic carbocycles. The van der Waals surface area contributed by atoms with E-state index in [-0.39, 0.29) is 18.0 Å². The molecule has 0 saturated carbocycles. The largest absolute Gasteiger partial charge is 0.349 e. The van der Waals surface area contributed by atoms with Crippen molar-refractivity contribution in [3.05, 3.63) is 61.9 Å². The highest BCUT2D eigenvalue weighted by molar-refractivity contribution is 9.10. The van der Waals surface area contributed by atoms with Crippen molar-refractivity contribution < 1.29 is 9.59 Å². The van der Waals surface area contributed by atoms with E-state index in [1.807, 2.05) is 0 Å². The van der Waals surface area contributed by atoms with Gasteiger partial charge in [-0.25, -0.2) is 0 Å². The van der Waals surface area contributed by atoms with Crippen LogP contribution in [0.4, 0.5) is 5.69 Å². The SMILES string of the molecule is CC(=O)NC(CC(=O)Nc1cc(Br)c[nH]c1=O)c1ccc(Cl)cc1. The monoisotopic (exact) mass is 411 g/mol. The van der Waals surface area contributed by atoms with E-state index in [1.165, 1.54) is 19.2 Å². The second-order valence-electron chi connectivity index (χ2n) is 5.12. The van der Waals surface area contributed by atoms with Gasteiger partial charge in [0.25, 0.3) is 5.56 Å². The number of halogens is 2. The highest BCUT2D eigenvalue weighted by Crippen LogP contribution is 2.20. The maximum atomic E-state index is 12.3. The average Bonchev–Trinajstić information content (AvgIpc) is 2.50. The van der Waals surface area contributed by atoms with E-state index in [0.717, 1.165) is 5.56 Å². The molecule has 2 rings (SSSR count). The van der Waals surface area contributed by atoms with Crippen LogP contribution in [0.5, 0.6) is 0 Å². The normalized spacial score (nSPS) is 11.6. The third-order valence-corrected chi connectivity index (χ3v) is 3.89. The minimum atomic E-state index is -0.522. The highest BCUT2D eigenvalue weighted by Gasteiger charge is 2.18. The van der Waals surface area contributed by atoms with Gasteiger partial charge in [-0.3, -0.25) is 14.4 Å². The highest BCUT2D eigenvalue weighted by atomic mass is 79.9. The molecule has 8 heteroatoms. The number of rotatable bonds is 5. The Hall–Kier alpha value is -2.12. The van der Waals surface area contributed by atoms with Crippen LogP contribution >= 0.6 is 27.5 Å². The van der Waals surface area contributed by atoms with Gasteiger partial charge in [0.2, 0.25) is 11.8 Å². The zero-order valence-corrected chi connectivity index (χ0v) is 15.1. The van der Waals surface area contributed by atoms with Crippen LogP contribution in [0.1, 0.15) is 24.9 Å². The lowest BCUT2D eigenvalue weighted by Gasteiger charge is -2.18. The molecule has 0 aliphatic heterocycles. The second kappa shape index (κ2) is 8.12. The molecule has 0 fully saturated rings. The fourth-order valence-corrected chi connectivity index (χ4v) is 2.60. The number of hydrogen-bond donors (Lipinski definition) is 3. The molecule has 2 amide bonds. The summed E-state index contributed by atoms with van der Waals surface area (Å²) in [5, 5.41) is 5.83. The molecule has 126 valence electrons. The number of nitrogens with one attached hydrogen (secondary N) is 3. The summed E-state index contributed by atoms with van der Waals surface area (Å²) in [4.78, 5) is 37.9. The summed E-state index contributed by atoms with van der Waals surface area (Å²) in [6, 6.07) is 7.83. The van der Waals surface area contributed by atoms with Crippen LogP contribution in [-0.2, 0) is 9.59 Å². The first-order chi connectivity index (χ1) is 11.3. The van der Waals surface area contributed by atoms with Gasteiger partial charge in [-0.2, -0.15) is 0 Å². The summed E-state index contributed by atoms with van der Waals surface area (Å²) in [5.41, 5.74) is 0.467. The number of carbonyl (C=O) groups is 2. The molecule has 24 heavy (non-hydrogen) atoms. The van der Waals surface area contributed by atoms with Crippen molar-refractivity contribution in [2.75, 3.05) is 5.32 Å². The van der Waals surface area contributed by atoms with Gasteiger partial charge in [-0.15, -0.1) is 0 Å². The van der Waals surface area contributed by atoms with Crippen molar-refractivity contribution in [1.82, 2.24) is 10.3 Å². The van der Waals surface area contributed by atoms with Gasteiger partial charge >= 0.3 is 0 Å². The molecule has 0 bridgehead atoms. The minimum absolute atomic E-state index is 0.0207. The lowest BCUT2D eigenvalue weighted by molar-refractivity contribution is -0.120. The Kier molecular flexibility index (Phi) is 6.16. The second-order valence-corrected chi connectivity index (χ2v) is 6.47. The molecule has 1 heterocycles. The van der Waals surface area contributed by atoms with Crippen LogP contribution in [0.3, 0.4) is 0 Å². The molecule has 0 saturated heterocycles. The molecule has 0 spiro atoms. The van der Waals surface area contributed by atoms with E-state index in [2.05, 4.69) is 31.5 Å². The topological polar surface area (TPSA) is 91.1 Å². The number of aromatic amines is 1. The first-order valence-electron chi connectivity index (χ1n) is 7.06. The molecule has 2 aromatic rings. The van der Waals surface area contributed by atoms with Gasteiger partial charge in [0.05, 0.1) is 12.5 Å². The Labute approximate surface area is 151 Å². The maximum absolute atomic E-state index is 12.3. The van der Waals surface area contributed by atoms with Gasteiger partial charge in [0, 0.05) is 22.6 Å². The number of H-pyrrole nitrogens is 1. The van der Waals surface area contributed by atoms with Gasteiger partial charge in [-0.05, 0) is 39.7 Å². The molecule has 0 aliphatic rings. The fourth-order valence-electron chi connectivity index (χ4n) is 2.13. The summed E-state index contributed by atoms with van der Waals surface area (Å²) in [6.07, 6.45) is 1.46. The molecular weight excluding hydrogens is 398 g/mol. The first kappa shape index (κ1) is 18.2. The van der Waals surface area contributed by atoms with Crippen LogP contribution in [0.15, 0.2) is 45.8 Å². The molecule has 1 unspecified atom stereocenters. The number of benzene rings is 1. The lowest BCUT2D eigenvalue weighted by atomic mass is 10.0. The van der Waals surface area contributed by atoms with Crippen molar-refractivity contribution in [2.24, 2.45) is 0 Å². The van der Waals surface area contributed by atoms with E-state index in [9.17, 15) is 14.4 Å². The van der Waals surface area contributed by atoms with Crippen molar-refractivity contribution in [1.29, 1.82) is 0 Å².